The van der Waals surface area contributed by atoms with E-state index < -0.39 is 28.5 Å². The quantitative estimate of drug-likeness (QED) is 0.290. The van der Waals surface area contributed by atoms with Crippen molar-refractivity contribution in [2.75, 3.05) is 17.4 Å². The van der Waals surface area contributed by atoms with Crippen molar-refractivity contribution in [3.05, 3.63) is 94.5 Å². The van der Waals surface area contributed by atoms with Crippen LogP contribution in [0.4, 0.5) is 5.69 Å². The lowest BCUT2D eigenvalue weighted by Gasteiger charge is -2.33. The number of nitrogens with zero attached hydrogens (tertiary/aromatic N) is 2. The molecule has 0 aliphatic rings. The number of carbonyl (C=O) groups excluding carboxylic acids is 2. The van der Waals surface area contributed by atoms with Crippen molar-refractivity contribution in [2.45, 2.75) is 44.7 Å². The van der Waals surface area contributed by atoms with Crippen molar-refractivity contribution in [3.63, 3.8) is 0 Å². The fourth-order valence-corrected chi connectivity index (χ4v) is 5.88. The lowest BCUT2D eigenvalue weighted by Crippen LogP contribution is -2.52. The average molecular weight is 591 g/mol. The van der Waals surface area contributed by atoms with Gasteiger partial charge in [0, 0.05) is 18.1 Å². The first-order chi connectivity index (χ1) is 18.5. The molecule has 208 valence electrons. The standard InChI is InChI=1S/C29H33Cl2N3O4S/c1-4-26(29(36)32-18-21(2)3)33(19-22-14-16-23(30)17-15-22)28(35)20-34(27-13-9-8-12-25(27)31)39(37,38)24-10-6-5-7-11-24/h5-17,21,26H,4,18-20H2,1-3H3,(H,32,36)/t26-/m1/s1. The van der Waals surface area contributed by atoms with E-state index in [1.165, 1.54) is 17.0 Å². The Morgan fingerprint density at radius 2 is 1.51 bits per heavy atom. The first-order valence-electron chi connectivity index (χ1n) is 12.7. The maximum absolute atomic E-state index is 14.0. The minimum Gasteiger partial charge on any atom is -0.354 e. The molecule has 0 heterocycles. The van der Waals surface area contributed by atoms with Crippen LogP contribution in [0.1, 0.15) is 32.8 Å². The van der Waals surface area contributed by atoms with Gasteiger partial charge >= 0.3 is 0 Å². The van der Waals surface area contributed by atoms with Crippen LogP contribution in [0.3, 0.4) is 0 Å². The number of rotatable bonds is 12. The number of carbonyl (C=O) groups is 2. The highest BCUT2D eigenvalue weighted by atomic mass is 35.5. The Balaban J connectivity index is 2.04. The Morgan fingerprint density at radius 3 is 2.10 bits per heavy atom. The Morgan fingerprint density at radius 1 is 0.897 bits per heavy atom. The van der Waals surface area contributed by atoms with Gasteiger partial charge in [-0.1, -0.05) is 86.4 Å². The summed E-state index contributed by atoms with van der Waals surface area (Å²) in [4.78, 5) is 28.7. The maximum Gasteiger partial charge on any atom is 0.264 e. The summed E-state index contributed by atoms with van der Waals surface area (Å²) in [6, 6.07) is 20.4. The second-order valence-corrected chi connectivity index (χ2v) is 12.2. The van der Waals surface area contributed by atoms with Gasteiger partial charge < -0.3 is 10.2 Å². The number of benzene rings is 3. The van der Waals surface area contributed by atoms with E-state index in [9.17, 15) is 18.0 Å². The van der Waals surface area contributed by atoms with Crippen LogP contribution >= 0.6 is 23.2 Å². The van der Waals surface area contributed by atoms with Crippen LogP contribution in [-0.2, 0) is 26.2 Å². The van der Waals surface area contributed by atoms with E-state index >= 15 is 0 Å². The van der Waals surface area contributed by atoms with E-state index in [0.29, 0.717) is 18.0 Å². The summed E-state index contributed by atoms with van der Waals surface area (Å²) in [5.74, 6) is -0.627. The van der Waals surface area contributed by atoms with Crippen molar-refractivity contribution in [1.82, 2.24) is 10.2 Å². The van der Waals surface area contributed by atoms with Crippen LogP contribution in [0.25, 0.3) is 0 Å². The van der Waals surface area contributed by atoms with Gasteiger partial charge in [0.05, 0.1) is 15.6 Å². The Bertz CT molecular complexity index is 1370. The van der Waals surface area contributed by atoms with Crippen LogP contribution in [0.5, 0.6) is 0 Å². The van der Waals surface area contributed by atoms with Gasteiger partial charge in [-0.25, -0.2) is 8.42 Å². The fraction of sp³-hybridized carbons (Fsp3) is 0.310. The van der Waals surface area contributed by atoms with E-state index in [4.69, 9.17) is 23.2 Å². The zero-order valence-electron chi connectivity index (χ0n) is 22.2. The molecule has 3 aromatic carbocycles. The molecule has 0 fully saturated rings. The minimum atomic E-state index is -4.17. The number of para-hydroxylation sites is 1. The molecule has 0 aliphatic carbocycles. The van der Waals surface area contributed by atoms with Gasteiger partial charge in [-0.15, -0.1) is 0 Å². The van der Waals surface area contributed by atoms with Gasteiger partial charge in [0.1, 0.15) is 12.6 Å². The monoisotopic (exact) mass is 589 g/mol. The molecule has 7 nitrogen and oxygen atoms in total. The number of nitrogens with one attached hydrogen (secondary N) is 1. The van der Waals surface area contributed by atoms with E-state index in [-0.39, 0.29) is 34.0 Å². The third-order valence-electron chi connectivity index (χ3n) is 6.07. The SMILES string of the molecule is CC[C@H](C(=O)NCC(C)C)N(Cc1ccc(Cl)cc1)C(=O)CN(c1ccccc1Cl)S(=O)(=O)c1ccccc1. The zero-order chi connectivity index (χ0) is 28.6. The maximum atomic E-state index is 14.0. The molecule has 0 saturated heterocycles. The highest BCUT2D eigenvalue weighted by Gasteiger charge is 2.34. The third-order valence-corrected chi connectivity index (χ3v) is 8.41. The molecule has 0 bridgehead atoms. The second-order valence-electron chi connectivity index (χ2n) is 9.49. The Kier molecular flexibility index (Phi) is 10.8. The molecule has 3 rings (SSSR count). The van der Waals surface area contributed by atoms with E-state index in [0.717, 1.165) is 9.87 Å². The number of hydrogen-bond acceptors (Lipinski definition) is 4. The first kappa shape index (κ1) is 30.5. The molecule has 10 heteroatoms. The summed E-state index contributed by atoms with van der Waals surface area (Å²) in [5, 5.41) is 3.62. The van der Waals surface area contributed by atoms with Gasteiger partial charge in [-0.2, -0.15) is 0 Å². The molecule has 0 radical (unpaired) electrons. The van der Waals surface area contributed by atoms with Gasteiger partial charge in [-0.3, -0.25) is 13.9 Å². The number of anilines is 1. The molecule has 1 N–H and O–H groups in total. The minimum absolute atomic E-state index is 0.0173. The summed E-state index contributed by atoms with van der Waals surface area (Å²) in [7, 11) is -4.17. The van der Waals surface area contributed by atoms with Crippen LogP contribution in [0.2, 0.25) is 10.0 Å². The zero-order valence-corrected chi connectivity index (χ0v) is 24.5. The van der Waals surface area contributed by atoms with Gasteiger partial charge in [0.15, 0.2) is 0 Å². The summed E-state index contributed by atoms with van der Waals surface area (Å²) < 4.78 is 28.6. The molecule has 0 spiro atoms. The summed E-state index contributed by atoms with van der Waals surface area (Å²) >= 11 is 12.5. The third kappa shape index (κ3) is 7.97. The van der Waals surface area contributed by atoms with Crippen molar-refractivity contribution < 1.29 is 18.0 Å². The van der Waals surface area contributed by atoms with Crippen molar-refractivity contribution >= 4 is 50.7 Å². The highest BCUT2D eigenvalue weighted by molar-refractivity contribution is 7.92. The summed E-state index contributed by atoms with van der Waals surface area (Å²) in [5.41, 5.74) is 0.915. The topological polar surface area (TPSA) is 86.8 Å². The smallest absolute Gasteiger partial charge is 0.264 e. The Hall–Kier alpha value is -3.07. The first-order valence-corrected chi connectivity index (χ1v) is 14.9. The van der Waals surface area contributed by atoms with Crippen LogP contribution < -0.4 is 9.62 Å². The second kappa shape index (κ2) is 13.8. The molecule has 0 unspecified atom stereocenters. The molecule has 2 amide bonds. The van der Waals surface area contributed by atoms with Crippen LogP contribution in [-0.4, -0.2) is 44.3 Å². The van der Waals surface area contributed by atoms with E-state index in [1.807, 2.05) is 20.8 Å². The van der Waals surface area contributed by atoms with E-state index in [2.05, 4.69) is 5.32 Å². The van der Waals surface area contributed by atoms with Crippen molar-refractivity contribution in [3.8, 4) is 0 Å². The molecule has 1 atom stereocenters. The predicted octanol–water partition coefficient (Wildman–Crippen LogP) is 5.77. The highest BCUT2D eigenvalue weighted by Crippen LogP contribution is 2.30. The molecule has 0 aromatic heterocycles. The fourth-order valence-electron chi connectivity index (χ4n) is 4.02. The van der Waals surface area contributed by atoms with Crippen LogP contribution in [0, 0.1) is 5.92 Å². The van der Waals surface area contributed by atoms with Gasteiger partial charge in [-0.05, 0) is 54.3 Å². The largest absolute Gasteiger partial charge is 0.354 e. The van der Waals surface area contributed by atoms with Crippen molar-refractivity contribution in [2.24, 2.45) is 5.92 Å². The molecule has 3 aromatic rings. The predicted molar refractivity (Wildman–Crippen MR) is 156 cm³/mol. The molecule has 39 heavy (non-hydrogen) atoms. The summed E-state index contributed by atoms with van der Waals surface area (Å²) in [6.45, 7) is 5.76. The van der Waals surface area contributed by atoms with Gasteiger partial charge in [0.25, 0.3) is 10.0 Å². The Labute approximate surface area is 240 Å². The molecule has 0 saturated carbocycles. The lowest BCUT2D eigenvalue weighted by molar-refractivity contribution is -0.140. The van der Waals surface area contributed by atoms with E-state index in [1.54, 1.807) is 66.7 Å². The summed E-state index contributed by atoms with van der Waals surface area (Å²) in [6.07, 6.45) is 0.334. The number of halogens is 2. The molecular formula is C29H33Cl2N3O4S. The van der Waals surface area contributed by atoms with Crippen molar-refractivity contribution in [1.29, 1.82) is 0 Å². The average Bonchev–Trinajstić information content (AvgIpc) is 2.92. The number of amides is 2. The normalized spacial score (nSPS) is 12.2. The molecular weight excluding hydrogens is 557 g/mol. The lowest BCUT2D eigenvalue weighted by atomic mass is 10.1. The number of hydrogen-bond donors (Lipinski definition) is 1. The number of sulfonamides is 1. The van der Waals surface area contributed by atoms with Crippen LogP contribution in [0.15, 0.2) is 83.8 Å². The van der Waals surface area contributed by atoms with Gasteiger partial charge in [0.2, 0.25) is 11.8 Å². The molecule has 0 aliphatic heterocycles.